The Labute approximate surface area is 222 Å². The third-order valence-electron chi connectivity index (χ3n) is 6.17. The van der Waals surface area contributed by atoms with Crippen molar-refractivity contribution in [3.8, 4) is 11.3 Å². The van der Waals surface area contributed by atoms with Gasteiger partial charge in [-0.3, -0.25) is 19.9 Å². The van der Waals surface area contributed by atoms with E-state index in [1.807, 2.05) is 23.1 Å². The SMILES string of the molecule is O=C(CCN1C(=S)N[C@H](c2ccccn2)[C@@H]1c1ccc(-c2cccc([N+](=O)[O-])c2)o1)Nc1ccc(F)cc1. The van der Waals surface area contributed by atoms with Crippen LogP contribution in [-0.4, -0.2) is 32.4 Å². The van der Waals surface area contributed by atoms with E-state index < -0.39 is 11.0 Å². The normalized spacial score (nSPS) is 16.8. The number of nitro groups is 1. The molecule has 5 rings (SSSR count). The molecule has 1 amide bonds. The smallest absolute Gasteiger partial charge is 0.270 e. The van der Waals surface area contributed by atoms with Gasteiger partial charge in [0.25, 0.3) is 5.69 Å². The third kappa shape index (κ3) is 5.37. The Kier molecular flexibility index (Phi) is 7.09. The van der Waals surface area contributed by atoms with Gasteiger partial charge in [-0.1, -0.05) is 18.2 Å². The minimum Gasteiger partial charge on any atom is -0.459 e. The molecule has 4 aromatic rings. The molecule has 0 radical (unpaired) electrons. The van der Waals surface area contributed by atoms with Crippen LogP contribution in [0.25, 0.3) is 11.3 Å². The lowest BCUT2D eigenvalue weighted by atomic mass is 10.0. The number of thiocarbonyl (C=S) groups is 1. The first-order chi connectivity index (χ1) is 18.4. The summed E-state index contributed by atoms with van der Waals surface area (Å²) >= 11 is 5.63. The standard InChI is InChI=1S/C27H22FN5O4S/c28-18-7-9-19(10-8-18)30-24(34)13-15-32-26(25(31-27(32)38)21-6-1-2-14-29-21)23-12-11-22(37-23)17-4-3-5-20(16-17)33(35)36/h1-12,14,16,25-26H,13,15H2,(H,30,34)(H,31,38)/t25-,26+/m1/s1. The van der Waals surface area contributed by atoms with E-state index in [1.54, 1.807) is 30.5 Å². The number of non-ortho nitro benzene ring substituents is 1. The Bertz CT molecular complexity index is 1480. The van der Waals surface area contributed by atoms with Gasteiger partial charge >= 0.3 is 0 Å². The molecule has 1 aliphatic heterocycles. The second kappa shape index (κ2) is 10.8. The van der Waals surface area contributed by atoms with Crippen LogP contribution < -0.4 is 10.6 Å². The number of hydrogen-bond acceptors (Lipinski definition) is 6. The lowest BCUT2D eigenvalue weighted by Crippen LogP contribution is -2.32. The van der Waals surface area contributed by atoms with Gasteiger partial charge in [-0.2, -0.15) is 0 Å². The van der Waals surface area contributed by atoms with E-state index >= 15 is 0 Å². The first-order valence-corrected chi connectivity index (χ1v) is 12.2. The molecule has 0 saturated carbocycles. The summed E-state index contributed by atoms with van der Waals surface area (Å²) in [4.78, 5) is 29.8. The molecular formula is C27H22FN5O4S. The van der Waals surface area contributed by atoms with Crippen molar-refractivity contribution in [2.75, 3.05) is 11.9 Å². The van der Waals surface area contributed by atoms with Crippen molar-refractivity contribution in [1.82, 2.24) is 15.2 Å². The zero-order valence-electron chi connectivity index (χ0n) is 19.9. The maximum Gasteiger partial charge on any atom is 0.270 e. The van der Waals surface area contributed by atoms with Crippen LogP contribution in [-0.2, 0) is 4.79 Å². The number of aromatic nitrogens is 1. The molecule has 2 atom stereocenters. The highest BCUT2D eigenvalue weighted by Crippen LogP contribution is 2.40. The van der Waals surface area contributed by atoms with Gasteiger partial charge in [-0.15, -0.1) is 0 Å². The molecule has 0 bridgehead atoms. The van der Waals surface area contributed by atoms with Crippen molar-refractivity contribution in [3.05, 3.63) is 112 Å². The van der Waals surface area contributed by atoms with Crippen LogP contribution in [0.15, 0.2) is 89.5 Å². The van der Waals surface area contributed by atoms with Crippen LogP contribution in [0.5, 0.6) is 0 Å². The summed E-state index contributed by atoms with van der Waals surface area (Å²) in [6.07, 6.45) is 1.80. The fourth-order valence-electron chi connectivity index (χ4n) is 4.37. The molecule has 2 aromatic carbocycles. The quantitative estimate of drug-likeness (QED) is 0.177. The van der Waals surface area contributed by atoms with E-state index in [0.717, 1.165) is 5.69 Å². The lowest BCUT2D eigenvalue weighted by molar-refractivity contribution is -0.384. The number of carbonyl (C=O) groups is 1. The number of amides is 1. The number of nitro benzene ring substituents is 1. The van der Waals surface area contributed by atoms with Crippen molar-refractivity contribution in [2.45, 2.75) is 18.5 Å². The number of pyridine rings is 1. The van der Waals surface area contributed by atoms with Crippen LogP contribution in [0, 0.1) is 15.9 Å². The Morgan fingerprint density at radius 3 is 2.68 bits per heavy atom. The summed E-state index contributed by atoms with van der Waals surface area (Å²) in [6, 6.07) is 20.1. The van der Waals surface area contributed by atoms with Crippen LogP contribution in [0.4, 0.5) is 15.8 Å². The van der Waals surface area contributed by atoms with Crippen molar-refractivity contribution < 1.29 is 18.5 Å². The first kappa shape index (κ1) is 25.0. The molecule has 0 unspecified atom stereocenters. The van der Waals surface area contributed by atoms with Crippen molar-refractivity contribution in [1.29, 1.82) is 0 Å². The average Bonchev–Trinajstić information content (AvgIpc) is 3.54. The number of anilines is 1. The molecule has 3 heterocycles. The minimum absolute atomic E-state index is 0.0377. The molecule has 1 saturated heterocycles. The molecule has 11 heteroatoms. The van der Waals surface area contributed by atoms with Crippen molar-refractivity contribution in [2.24, 2.45) is 0 Å². The van der Waals surface area contributed by atoms with Crippen LogP contribution in [0.1, 0.15) is 30.0 Å². The van der Waals surface area contributed by atoms with E-state index in [0.29, 0.717) is 27.9 Å². The number of nitrogens with one attached hydrogen (secondary N) is 2. The van der Waals surface area contributed by atoms with Gasteiger partial charge in [0, 0.05) is 42.5 Å². The summed E-state index contributed by atoms with van der Waals surface area (Å²) in [7, 11) is 0. The van der Waals surface area contributed by atoms with Gasteiger partial charge in [-0.25, -0.2) is 4.39 Å². The highest BCUT2D eigenvalue weighted by molar-refractivity contribution is 7.80. The van der Waals surface area contributed by atoms with Gasteiger partial charge < -0.3 is 20.0 Å². The molecule has 192 valence electrons. The van der Waals surface area contributed by atoms with Gasteiger partial charge in [0.05, 0.1) is 16.7 Å². The monoisotopic (exact) mass is 531 g/mol. The maximum absolute atomic E-state index is 13.2. The highest BCUT2D eigenvalue weighted by Gasteiger charge is 2.41. The van der Waals surface area contributed by atoms with E-state index in [-0.39, 0.29) is 36.4 Å². The summed E-state index contributed by atoms with van der Waals surface area (Å²) < 4.78 is 19.4. The largest absolute Gasteiger partial charge is 0.459 e. The van der Waals surface area contributed by atoms with E-state index in [1.165, 1.54) is 36.4 Å². The second-order valence-corrected chi connectivity index (χ2v) is 9.02. The zero-order valence-corrected chi connectivity index (χ0v) is 20.7. The van der Waals surface area contributed by atoms with Gasteiger partial charge in [0.15, 0.2) is 5.11 Å². The predicted octanol–water partition coefficient (Wildman–Crippen LogP) is 5.39. The van der Waals surface area contributed by atoms with E-state index in [4.69, 9.17) is 16.6 Å². The average molecular weight is 532 g/mol. The molecule has 0 spiro atoms. The predicted molar refractivity (Wildman–Crippen MR) is 143 cm³/mol. The third-order valence-corrected chi connectivity index (χ3v) is 6.52. The molecule has 1 fully saturated rings. The molecular weight excluding hydrogens is 509 g/mol. The molecule has 2 aromatic heterocycles. The summed E-state index contributed by atoms with van der Waals surface area (Å²) in [5, 5.41) is 17.7. The number of halogens is 1. The molecule has 1 aliphatic rings. The molecule has 38 heavy (non-hydrogen) atoms. The molecule has 9 nitrogen and oxygen atoms in total. The van der Waals surface area contributed by atoms with Gasteiger partial charge in [-0.05, 0) is 60.7 Å². The number of rotatable bonds is 8. The number of benzene rings is 2. The number of carbonyl (C=O) groups excluding carboxylic acids is 1. The van der Waals surface area contributed by atoms with Crippen molar-refractivity contribution in [3.63, 3.8) is 0 Å². The van der Waals surface area contributed by atoms with Crippen LogP contribution >= 0.6 is 12.2 Å². The number of nitrogens with zero attached hydrogens (tertiary/aromatic N) is 3. The number of furan rings is 1. The van der Waals surface area contributed by atoms with Gasteiger partial charge in [0.1, 0.15) is 23.4 Å². The Balaban J connectivity index is 1.40. The summed E-state index contributed by atoms with van der Waals surface area (Å²) in [5.41, 5.74) is 1.77. The zero-order chi connectivity index (χ0) is 26.6. The fraction of sp³-hybridized carbons (Fsp3) is 0.148. The summed E-state index contributed by atoms with van der Waals surface area (Å²) in [6.45, 7) is 0.277. The summed E-state index contributed by atoms with van der Waals surface area (Å²) in [5.74, 6) is 0.391. The Morgan fingerprint density at radius 2 is 1.95 bits per heavy atom. The Hall–Kier alpha value is -4.64. The molecule has 0 aliphatic carbocycles. The van der Waals surface area contributed by atoms with E-state index in [9.17, 15) is 19.3 Å². The Morgan fingerprint density at radius 1 is 1.13 bits per heavy atom. The van der Waals surface area contributed by atoms with Crippen LogP contribution in [0.3, 0.4) is 0 Å². The molecule has 2 N–H and O–H groups in total. The highest BCUT2D eigenvalue weighted by atomic mass is 32.1. The van der Waals surface area contributed by atoms with Crippen molar-refractivity contribution >= 4 is 34.6 Å². The first-order valence-electron chi connectivity index (χ1n) is 11.8. The lowest BCUT2D eigenvalue weighted by Gasteiger charge is -2.25. The van der Waals surface area contributed by atoms with Crippen LogP contribution in [0.2, 0.25) is 0 Å². The minimum atomic E-state index is -0.456. The fourth-order valence-corrected chi connectivity index (χ4v) is 4.71. The topological polar surface area (TPSA) is 114 Å². The van der Waals surface area contributed by atoms with Gasteiger partial charge in [0.2, 0.25) is 5.91 Å². The second-order valence-electron chi connectivity index (χ2n) is 8.63. The maximum atomic E-state index is 13.2. The number of hydrogen-bond donors (Lipinski definition) is 2. The van der Waals surface area contributed by atoms with E-state index in [2.05, 4.69) is 15.6 Å².